The van der Waals surface area contributed by atoms with E-state index in [1.807, 2.05) is 0 Å². The highest BCUT2D eigenvalue weighted by Crippen LogP contribution is 2.37. The number of aromatic nitrogens is 2. The molecule has 0 N–H and O–H groups in total. The van der Waals surface area contributed by atoms with E-state index in [1.165, 1.54) is 6.07 Å². The van der Waals surface area contributed by atoms with E-state index < -0.39 is 34.8 Å². The van der Waals surface area contributed by atoms with Crippen molar-refractivity contribution in [1.82, 2.24) is 9.78 Å². The van der Waals surface area contributed by atoms with Gasteiger partial charge < -0.3 is 4.42 Å². The van der Waals surface area contributed by atoms with Gasteiger partial charge in [-0.3, -0.25) is 0 Å². The van der Waals surface area contributed by atoms with E-state index in [0.29, 0.717) is 17.5 Å². The average molecular weight is 398 g/mol. The molecular formula is C18H8F6N2O2. The zero-order valence-corrected chi connectivity index (χ0v) is 13.6. The van der Waals surface area contributed by atoms with Crippen molar-refractivity contribution in [2.24, 2.45) is 0 Å². The van der Waals surface area contributed by atoms with Crippen LogP contribution in [0.4, 0.5) is 26.3 Å². The van der Waals surface area contributed by atoms with Crippen molar-refractivity contribution >= 4 is 21.9 Å². The second kappa shape index (κ2) is 5.85. The van der Waals surface area contributed by atoms with Gasteiger partial charge in [0.25, 0.3) is 0 Å². The lowest BCUT2D eigenvalue weighted by molar-refractivity contribution is -0.143. The Morgan fingerprint density at radius 3 is 2.07 bits per heavy atom. The molecule has 0 aliphatic carbocycles. The molecule has 10 heteroatoms. The van der Waals surface area contributed by atoms with Crippen molar-refractivity contribution in [3.8, 4) is 5.69 Å². The van der Waals surface area contributed by atoms with Crippen LogP contribution >= 0.6 is 0 Å². The lowest BCUT2D eigenvalue weighted by atomic mass is 10.1. The smallest absolute Gasteiger partial charge is 0.416 e. The zero-order chi connectivity index (χ0) is 20.3. The third kappa shape index (κ3) is 3.00. The lowest BCUT2D eigenvalue weighted by Crippen LogP contribution is -2.12. The quantitative estimate of drug-likeness (QED) is 0.328. The van der Waals surface area contributed by atoms with Crippen LogP contribution < -0.4 is 5.63 Å². The molecular weight excluding hydrogens is 390 g/mol. The molecule has 0 amide bonds. The molecule has 0 saturated carbocycles. The Morgan fingerprint density at radius 1 is 0.857 bits per heavy atom. The Hall–Kier alpha value is -3.30. The first-order chi connectivity index (χ1) is 13.0. The molecule has 0 aliphatic rings. The maximum absolute atomic E-state index is 13.1. The normalized spacial score (nSPS) is 12.8. The topological polar surface area (TPSA) is 48.0 Å². The molecule has 2 aromatic carbocycles. The zero-order valence-electron chi connectivity index (χ0n) is 13.6. The fourth-order valence-electron chi connectivity index (χ4n) is 2.83. The first-order valence-electron chi connectivity index (χ1n) is 7.75. The number of alkyl halides is 6. The Balaban J connectivity index is 2.01. The summed E-state index contributed by atoms with van der Waals surface area (Å²) in [4.78, 5) is 12.1. The van der Waals surface area contributed by atoms with Crippen LogP contribution in [0.1, 0.15) is 11.1 Å². The van der Waals surface area contributed by atoms with Gasteiger partial charge in [0.2, 0.25) is 0 Å². The summed E-state index contributed by atoms with van der Waals surface area (Å²) < 4.78 is 84.3. The molecule has 4 aromatic rings. The monoisotopic (exact) mass is 398 g/mol. The first-order valence-corrected chi connectivity index (χ1v) is 7.75. The Labute approximate surface area is 151 Å². The Morgan fingerprint density at radius 2 is 1.46 bits per heavy atom. The van der Waals surface area contributed by atoms with Crippen LogP contribution in [0.2, 0.25) is 0 Å². The number of nitrogens with zero attached hydrogens (tertiary/aromatic N) is 2. The highest BCUT2D eigenvalue weighted by atomic mass is 19.4. The second-order valence-electron chi connectivity index (χ2n) is 5.99. The van der Waals surface area contributed by atoms with Crippen molar-refractivity contribution in [3.63, 3.8) is 0 Å². The third-order valence-electron chi connectivity index (χ3n) is 4.12. The molecule has 0 atom stereocenters. The van der Waals surface area contributed by atoms with Crippen LogP contribution in [-0.4, -0.2) is 9.78 Å². The van der Waals surface area contributed by atoms with E-state index in [9.17, 15) is 31.1 Å². The largest absolute Gasteiger partial charge is 0.422 e. The molecule has 2 heterocycles. The fourth-order valence-corrected chi connectivity index (χ4v) is 2.83. The number of para-hydroxylation sites is 1. The van der Waals surface area contributed by atoms with Gasteiger partial charge >= 0.3 is 18.0 Å². The second-order valence-corrected chi connectivity index (χ2v) is 5.99. The van der Waals surface area contributed by atoms with Crippen molar-refractivity contribution in [2.45, 2.75) is 12.4 Å². The third-order valence-corrected chi connectivity index (χ3v) is 4.12. The summed E-state index contributed by atoms with van der Waals surface area (Å²) in [6.45, 7) is 0. The lowest BCUT2D eigenvalue weighted by Gasteiger charge is -2.14. The predicted octanol–water partition coefficient (Wildman–Crippen LogP) is 5.17. The van der Waals surface area contributed by atoms with Gasteiger partial charge in [-0.05, 0) is 30.3 Å². The maximum atomic E-state index is 13.1. The average Bonchev–Trinajstić information content (AvgIpc) is 3.06. The van der Waals surface area contributed by atoms with Gasteiger partial charge in [-0.2, -0.15) is 31.4 Å². The predicted molar refractivity (Wildman–Crippen MR) is 87.1 cm³/mol. The molecule has 2 aromatic heterocycles. The highest BCUT2D eigenvalue weighted by Gasteiger charge is 2.37. The first kappa shape index (κ1) is 18.1. The minimum absolute atomic E-state index is 0.0243. The van der Waals surface area contributed by atoms with Gasteiger partial charge in [0.05, 0.1) is 16.8 Å². The minimum atomic E-state index is -4.99. The standard InChI is InChI=1S/C18H8F6N2O2/c19-17(20,21)9-5-10(18(22,23)24)7-11(6-9)26-8-13-15(25-26)12-3-1-2-4-14(12)28-16(13)27/h1-8H. The summed E-state index contributed by atoms with van der Waals surface area (Å²) in [5, 5.41) is 4.38. The van der Waals surface area contributed by atoms with Gasteiger partial charge in [-0.25, -0.2) is 9.48 Å². The molecule has 0 spiro atoms. The summed E-state index contributed by atoms with van der Waals surface area (Å²) in [5.41, 5.74) is -3.93. The number of hydrogen-bond donors (Lipinski definition) is 0. The molecule has 4 rings (SSSR count). The Kier molecular flexibility index (Phi) is 3.78. The van der Waals surface area contributed by atoms with Crippen LogP contribution in [-0.2, 0) is 12.4 Å². The van der Waals surface area contributed by atoms with E-state index in [1.54, 1.807) is 18.2 Å². The number of benzene rings is 2. The van der Waals surface area contributed by atoms with Crippen LogP contribution in [0, 0.1) is 0 Å². The van der Waals surface area contributed by atoms with Gasteiger partial charge in [-0.15, -0.1) is 0 Å². The molecule has 28 heavy (non-hydrogen) atoms. The molecule has 0 fully saturated rings. The molecule has 0 unspecified atom stereocenters. The number of rotatable bonds is 1. The molecule has 0 aliphatic heterocycles. The summed E-state index contributed by atoms with van der Waals surface area (Å²) in [5.74, 6) is 0. The molecule has 144 valence electrons. The van der Waals surface area contributed by atoms with E-state index in [2.05, 4.69) is 5.10 Å². The van der Waals surface area contributed by atoms with Crippen LogP contribution in [0.15, 0.2) is 57.9 Å². The van der Waals surface area contributed by atoms with E-state index >= 15 is 0 Å². The number of fused-ring (bicyclic) bond motifs is 3. The van der Waals surface area contributed by atoms with Crippen LogP contribution in [0.5, 0.6) is 0 Å². The number of halogens is 6. The summed E-state index contributed by atoms with van der Waals surface area (Å²) in [7, 11) is 0. The van der Waals surface area contributed by atoms with Gasteiger partial charge in [0.1, 0.15) is 16.5 Å². The van der Waals surface area contributed by atoms with Crippen LogP contribution in [0.3, 0.4) is 0 Å². The van der Waals surface area contributed by atoms with Crippen LogP contribution in [0.25, 0.3) is 27.6 Å². The summed E-state index contributed by atoms with van der Waals surface area (Å²) in [6, 6.07) is 7.40. The van der Waals surface area contributed by atoms with E-state index in [-0.39, 0.29) is 22.6 Å². The highest BCUT2D eigenvalue weighted by molar-refractivity contribution is 6.01. The van der Waals surface area contributed by atoms with Gasteiger partial charge in [0.15, 0.2) is 0 Å². The maximum Gasteiger partial charge on any atom is 0.416 e. The SMILES string of the molecule is O=c1oc2ccccc2c2nn(-c3cc(C(F)(F)F)cc(C(F)(F)F)c3)cc12. The van der Waals surface area contributed by atoms with Gasteiger partial charge in [0, 0.05) is 11.6 Å². The van der Waals surface area contributed by atoms with E-state index in [0.717, 1.165) is 10.9 Å². The van der Waals surface area contributed by atoms with Crippen molar-refractivity contribution in [3.05, 3.63) is 70.2 Å². The summed E-state index contributed by atoms with van der Waals surface area (Å²) >= 11 is 0. The molecule has 0 bridgehead atoms. The minimum Gasteiger partial charge on any atom is -0.422 e. The van der Waals surface area contributed by atoms with Crippen molar-refractivity contribution in [1.29, 1.82) is 0 Å². The summed E-state index contributed by atoms with van der Waals surface area (Å²) in [6.07, 6.45) is -8.94. The Bertz CT molecular complexity index is 1240. The molecule has 0 radical (unpaired) electrons. The molecule has 4 nitrogen and oxygen atoms in total. The van der Waals surface area contributed by atoms with Crippen molar-refractivity contribution < 1.29 is 30.8 Å². The van der Waals surface area contributed by atoms with Crippen molar-refractivity contribution in [2.75, 3.05) is 0 Å². The fraction of sp³-hybridized carbons (Fsp3) is 0.111. The van der Waals surface area contributed by atoms with Gasteiger partial charge in [-0.1, -0.05) is 12.1 Å². The molecule has 0 saturated heterocycles. The van der Waals surface area contributed by atoms with E-state index in [4.69, 9.17) is 4.42 Å². The number of hydrogen-bond acceptors (Lipinski definition) is 3.